The summed E-state index contributed by atoms with van der Waals surface area (Å²) in [5.41, 5.74) is 3.16. The molecule has 1 aromatic heterocycles. The lowest BCUT2D eigenvalue weighted by Crippen LogP contribution is -2.34. The number of rotatable bonds is 7. The van der Waals surface area contributed by atoms with E-state index < -0.39 is 0 Å². The largest absolute Gasteiger partial charge is 0.468 e. The second-order valence-electron chi connectivity index (χ2n) is 6.55. The SMILES string of the molecule is Cc1cccc(N2C[C@@H](C(=O)NCCSCc3ccco3)CC2=O)c1C. The van der Waals surface area contributed by atoms with Crippen LogP contribution < -0.4 is 10.2 Å². The zero-order chi connectivity index (χ0) is 18.5. The van der Waals surface area contributed by atoms with Gasteiger partial charge in [0.15, 0.2) is 0 Å². The Labute approximate surface area is 158 Å². The van der Waals surface area contributed by atoms with Gasteiger partial charge in [0.1, 0.15) is 5.76 Å². The summed E-state index contributed by atoms with van der Waals surface area (Å²) in [5, 5.41) is 2.95. The van der Waals surface area contributed by atoms with Crippen LogP contribution in [0.15, 0.2) is 41.0 Å². The van der Waals surface area contributed by atoms with Crippen LogP contribution in [0.5, 0.6) is 0 Å². The van der Waals surface area contributed by atoms with Gasteiger partial charge in [0, 0.05) is 31.0 Å². The molecular formula is C20H24N2O3S. The first-order valence-electron chi connectivity index (χ1n) is 8.80. The minimum atomic E-state index is -0.280. The number of thioether (sulfide) groups is 1. The van der Waals surface area contributed by atoms with Crippen LogP contribution in [-0.4, -0.2) is 30.7 Å². The van der Waals surface area contributed by atoms with Crippen molar-refractivity contribution < 1.29 is 14.0 Å². The lowest BCUT2D eigenvalue weighted by molar-refractivity contribution is -0.126. The smallest absolute Gasteiger partial charge is 0.227 e. The number of furan rings is 1. The quantitative estimate of drug-likeness (QED) is 0.758. The first-order chi connectivity index (χ1) is 12.6. The maximum Gasteiger partial charge on any atom is 0.227 e. The summed E-state index contributed by atoms with van der Waals surface area (Å²) in [6, 6.07) is 9.75. The van der Waals surface area contributed by atoms with E-state index in [1.165, 1.54) is 0 Å². The Morgan fingerprint density at radius 3 is 2.92 bits per heavy atom. The number of nitrogens with one attached hydrogen (secondary N) is 1. The number of carbonyl (C=O) groups is 2. The van der Waals surface area contributed by atoms with Gasteiger partial charge in [-0.3, -0.25) is 9.59 Å². The fourth-order valence-electron chi connectivity index (χ4n) is 3.10. The summed E-state index contributed by atoms with van der Waals surface area (Å²) in [6.07, 6.45) is 1.94. The first kappa shape index (κ1) is 18.6. The van der Waals surface area contributed by atoms with Gasteiger partial charge in [-0.25, -0.2) is 0 Å². The first-order valence-corrected chi connectivity index (χ1v) is 9.96. The molecule has 1 aliphatic heterocycles. The molecule has 1 fully saturated rings. The van der Waals surface area contributed by atoms with Crippen molar-refractivity contribution >= 4 is 29.3 Å². The Kier molecular flexibility index (Phi) is 6.04. The number of anilines is 1. The molecule has 2 amide bonds. The van der Waals surface area contributed by atoms with Crippen LogP contribution in [0.25, 0.3) is 0 Å². The van der Waals surface area contributed by atoms with Crippen LogP contribution >= 0.6 is 11.8 Å². The molecular weight excluding hydrogens is 348 g/mol. The third-order valence-electron chi connectivity index (χ3n) is 4.73. The standard InChI is InChI=1S/C20H24N2O3S/c1-14-5-3-7-18(15(14)2)22-12-16(11-19(22)23)20(24)21-8-10-26-13-17-6-4-9-25-17/h3-7,9,16H,8,10-13H2,1-2H3,(H,21,24)/t16-/m0/s1. The summed E-state index contributed by atoms with van der Waals surface area (Å²) < 4.78 is 5.27. The molecule has 138 valence electrons. The van der Waals surface area contributed by atoms with Crippen molar-refractivity contribution in [2.24, 2.45) is 5.92 Å². The average Bonchev–Trinajstić information content (AvgIpc) is 3.27. The van der Waals surface area contributed by atoms with E-state index in [9.17, 15) is 9.59 Å². The predicted molar refractivity (Wildman–Crippen MR) is 104 cm³/mol. The van der Waals surface area contributed by atoms with E-state index in [-0.39, 0.29) is 24.2 Å². The van der Waals surface area contributed by atoms with Gasteiger partial charge in [-0.05, 0) is 43.2 Å². The van der Waals surface area contributed by atoms with Crippen molar-refractivity contribution in [3.05, 3.63) is 53.5 Å². The summed E-state index contributed by atoms with van der Waals surface area (Å²) in [7, 11) is 0. The van der Waals surface area contributed by atoms with E-state index in [2.05, 4.69) is 5.32 Å². The fourth-order valence-corrected chi connectivity index (χ4v) is 3.86. The highest BCUT2D eigenvalue weighted by Crippen LogP contribution is 2.29. The molecule has 1 saturated heterocycles. The minimum absolute atomic E-state index is 0.0195. The Bertz CT molecular complexity index is 773. The maximum atomic E-state index is 12.4. The highest BCUT2D eigenvalue weighted by Gasteiger charge is 2.35. The van der Waals surface area contributed by atoms with Crippen LogP contribution in [0.3, 0.4) is 0 Å². The number of hydrogen-bond donors (Lipinski definition) is 1. The molecule has 1 aliphatic rings. The van der Waals surface area contributed by atoms with Crippen molar-refractivity contribution in [1.29, 1.82) is 0 Å². The van der Waals surface area contributed by atoms with Gasteiger partial charge in [-0.2, -0.15) is 11.8 Å². The van der Waals surface area contributed by atoms with Crippen molar-refractivity contribution in [1.82, 2.24) is 5.32 Å². The lowest BCUT2D eigenvalue weighted by Gasteiger charge is -2.20. The normalized spacial score (nSPS) is 16.9. The number of nitrogens with zero attached hydrogens (tertiary/aromatic N) is 1. The fraction of sp³-hybridized carbons (Fsp3) is 0.400. The summed E-state index contributed by atoms with van der Waals surface area (Å²) in [5.74, 6) is 2.25. The highest BCUT2D eigenvalue weighted by atomic mass is 32.2. The molecule has 3 rings (SSSR count). The Hall–Kier alpha value is -2.21. The van der Waals surface area contributed by atoms with Crippen molar-refractivity contribution in [2.45, 2.75) is 26.0 Å². The minimum Gasteiger partial charge on any atom is -0.468 e. The van der Waals surface area contributed by atoms with Gasteiger partial charge in [-0.15, -0.1) is 0 Å². The molecule has 2 heterocycles. The molecule has 2 aromatic rings. The van der Waals surface area contributed by atoms with Crippen molar-refractivity contribution in [2.75, 3.05) is 23.7 Å². The van der Waals surface area contributed by atoms with Gasteiger partial charge < -0.3 is 14.6 Å². The van der Waals surface area contributed by atoms with E-state index in [4.69, 9.17) is 4.42 Å². The van der Waals surface area contributed by atoms with E-state index in [0.29, 0.717) is 13.1 Å². The molecule has 0 bridgehead atoms. The van der Waals surface area contributed by atoms with Gasteiger partial charge in [0.2, 0.25) is 11.8 Å². The number of benzene rings is 1. The van der Waals surface area contributed by atoms with Gasteiger partial charge in [0.25, 0.3) is 0 Å². The Morgan fingerprint density at radius 1 is 1.31 bits per heavy atom. The lowest BCUT2D eigenvalue weighted by atomic mass is 10.1. The van der Waals surface area contributed by atoms with E-state index >= 15 is 0 Å². The summed E-state index contributed by atoms with van der Waals surface area (Å²) in [6.45, 7) is 5.10. The maximum absolute atomic E-state index is 12.4. The average molecular weight is 372 g/mol. The summed E-state index contributed by atoms with van der Waals surface area (Å²) in [4.78, 5) is 26.5. The van der Waals surface area contributed by atoms with Crippen LogP contribution in [0, 0.1) is 19.8 Å². The predicted octanol–water partition coefficient (Wildman–Crippen LogP) is 3.30. The molecule has 6 heteroatoms. The van der Waals surface area contributed by atoms with E-state index in [1.54, 1.807) is 22.9 Å². The third kappa shape index (κ3) is 4.30. The van der Waals surface area contributed by atoms with Crippen LogP contribution in [0.4, 0.5) is 5.69 Å². The monoisotopic (exact) mass is 372 g/mol. The van der Waals surface area contributed by atoms with Gasteiger partial charge >= 0.3 is 0 Å². The molecule has 0 spiro atoms. The van der Waals surface area contributed by atoms with Crippen LogP contribution in [0.1, 0.15) is 23.3 Å². The van der Waals surface area contributed by atoms with Crippen molar-refractivity contribution in [3.63, 3.8) is 0 Å². The summed E-state index contributed by atoms with van der Waals surface area (Å²) >= 11 is 1.71. The zero-order valence-corrected chi connectivity index (χ0v) is 16.0. The molecule has 1 aromatic carbocycles. The van der Waals surface area contributed by atoms with E-state index in [1.807, 2.05) is 44.2 Å². The van der Waals surface area contributed by atoms with Gasteiger partial charge in [-0.1, -0.05) is 12.1 Å². The number of hydrogen-bond acceptors (Lipinski definition) is 4. The van der Waals surface area contributed by atoms with Crippen LogP contribution in [0.2, 0.25) is 0 Å². The molecule has 1 N–H and O–H groups in total. The number of carbonyl (C=O) groups excluding carboxylic acids is 2. The molecule has 0 radical (unpaired) electrons. The third-order valence-corrected chi connectivity index (χ3v) is 5.71. The van der Waals surface area contributed by atoms with Gasteiger partial charge in [0.05, 0.1) is 17.9 Å². The molecule has 0 saturated carbocycles. The second-order valence-corrected chi connectivity index (χ2v) is 7.65. The Morgan fingerprint density at radius 2 is 2.15 bits per heavy atom. The van der Waals surface area contributed by atoms with Crippen LogP contribution in [-0.2, 0) is 15.3 Å². The molecule has 0 unspecified atom stereocenters. The number of amides is 2. The number of aryl methyl sites for hydroxylation is 1. The Balaban J connectivity index is 1.47. The topological polar surface area (TPSA) is 62.6 Å². The molecule has 0 aliphatic carbocycles. The molecule has 5 nitrogen and oxygen atoms in total. The zero-order valence-electron chi connectivity index (χ0n) is 15.2. The second kappa shape index (κ2) is 8.45. The molecule has 26 heavy (non-hydrogen) atoms. The van der Waals surface area contributed by atoms with E-state index in [0.717, 1.165) is 34.1 Å². The molecule has 1 atom stereocenters. The van der Waals surface area contributed by atoms with Crippen molar-refractivity contribution in [3.8, 4) is 0 Å². The highest BCUT2D eigenvalue weighted by molar-refractivity contribution is 7.98.